The van der Waals surface area contributed by atoms with Gasteiger partial charge in [-0.3, -0.25) is 5.32 Å². The van der Waals surface area contributed by atoms with Crippen LogP contribution in [-0.2, 0) is 6.42 Å². The molecule has 0 fully saturated rings. The Labute approximate surface area is 153 Å². The molecule has 0 saturated carbocycles. The van der Waals surface area contributed by atoms with Crippen LogP contribution in [0.1, 0.15) is 12.5 Å². The molecule has 0 saturated heterocycles. The fourth-order valence-electron chi connectivity index (χ4n) is 2.19. The van der Waals surface area contributed by atoms with Crippen molar-refractivity contribution in [2.75, 3.05) is 10.6 Å². The van der Waals surface area contributed by atoms with Crippen molar-refractivity contribution in [3.05, 3.63) is 63.9 Å². The molecular formula is C18H16BrN3OS. The molecule has 0 aliphatic carbocycles. The van der Waals surface area contributed by atoms with Gasteiger partial charge in [0.05, 0.1) is 11.4 Å². The van der Waals surface area contributed by atoms with Crippen LogP contribution in [-0.4, -0.2) is 11.0 Å². The molecule has 0 aliphatic heterocycles. The van der Waals surface area contributed by atoms with Crippen molar-refractivity contribution in [3.8, 4) is 11.3 Å². The number of urea groups is 1. The number of carbonyl (C=O) groups excluding carboxylic acids is 1. The number of halogens is 1. The summed E-state index contributed by atoms with van der Waals surface area (Å²) in [7, 11) is 0. The predicted octanol–water partition coefficient (Wildman–Crippen LogP) is 5.78. The van der Waals surface area contributed by atoms with Gasteiger partial charge in [0.25, 0.3) is 0 Å². The van der Waals surface area contributed by atoms with Crippen molar-refractivity contribution in [1.29, 1.82) is 0 Å². The van der Waals surface area contributed by atoms with Crippen LogP contribution in [0.25, 0.3) is 11.3 Å². The Morgan fingerprint density at radius 3 is 2.58 bits per heavy atom. The summed E-state index contributed by atoms with van der Waals surface area (Å²) >= 11 is 4.80. The van der Waals surface area contributed by atoms with Crippen molar-refractivity contribution < 1.29 is 4.79 Å². The third-order valence-electron chi connectivity index (χ3n) is 3.50. The molecule has 6 heteroatoms. The van der Waals surface area contributed by atoms with Gasteiger partial charge in [0, 0.05) is 15.4 Å². The van der Waals surface area contributed by atoms with Gasteiger partial charge in [0.2, 0.25) is 0 Å². The van der Waals surface area contributed by atoms with Crippen molar-refractivity contribution in [3.63, 3.8) is 0 Å². The van der Waals surface area contributed by atoms with Gasteiger partial charge in [0.1, 0.15) is 0 Å². The topological polar surface area (TPSA) is 54.0 Å². The van der Waals surface area contributed by atoms with E-state index in [0.717, 1.165) is 22.2 Å². The number of hydrogen-bond donors (Lipinski definition) is 2. The molecule has 24 heavy (non-hydrogen) atoms. The summed E-state index contributed by atoms with van der Waals surface area (Å²) in [6.45, 7) is 2.13. The van der Waals surface area contributed by atoms with Gasteiger partial charge in [-0.2, -0.15) is 0 Å². The number of aryl methyl sites for hydroxylation is 1. The zero-order chi connectivity index (χ0) is 16.9. The van der Waals surface area contributed by atoms with E-state index in [4.69, 9.17) is 0 Å². The van der Waals surface area contributed by atoms with Gasteiger partial charge >= 0.3 is 6.03 Å². The largest absolute Gasteiger partial charge is 0.325 e. The summed E-state index contributed by atoms with van der Waals surface area (Å²) in [4.78, 5) is 16.6. The third-order valence-corrected chi connectivity index (χ3v) is 4.95. The molecule has 0 unspecified atom stereocenters. The minimum Gasteiger partial charge on any atom is -0.307 e. The molecule has 4 nitrogen and oxygen atoms in total. The third kappa shape index (κ3) is 4.01. The molecule has 122 valence electrons. The number of aromatic nitrogens is 1. The van der Waals surface area contributed by atoms with Crippen molar-refractivity contribution in [1.82, 2.24) is 4.98 Å². The molecular weight excluding hydrogens is 386 g/mol. The second-order valence-corrected chi connectivity index (χ2v) is 6.86. The number of amides is 2. The number of thiazole rings is 1. The van der Waals surface area contributed by atoms with Gasteiger partial charge in [-0.05, 0) is 40.0 Å². The zero-order valence-corrected chi connectivity index (χ0v) is 15.4. The number of nitrogens with zero attached hydrogens (tertiary/aromatic N) is 1. The number of para-hydroxylation sites is 1. The Kier molecular flexibility index (Phi) is 5.27. The Bertz CT molecular complexity index is 845. The molecule has 0 radical (unpaired) electrons. The summed E-state index contributed by atoms with van der Waals surface area (Å²) in [5.41, 5.74) is 3.91. The zero-order valence-electron chi connectivity index (χ0n) is 13.0. The van der Waals surface area contributed by atoms with Crippen LogP contribution < -0.4 is 10.6 Å². The maximum atomic E-state index is 12.1. The van der Waals surface area contributed by atoms with E-state index in [1.54, 1.807) is 0 Å². The maximum absolute atomic E-state index is 12.1. The molecule has 1 heterocycles. The van der Waals surface area contributed by atoms with E-state index < -0.39 is 0 Å². The molecule has 2 aromatic carbocycles. The molecule has 2 N–H and O–H groups in total. The first-order valence-electron chi connectivity index (χ1n) is 7.53. The number of benzene rings is 2. The highest BCUT2D eigenvalue weighted by atomic mass is 79.9. The van der Waals surface area contributed by atoms with E-state index in [2.05, 4.69) is 62.7 Å². The Morgan fingerprint density at radius 2 is 1.88 bits per heavy atom. The van der Waals surface area contributed by atoms with Crippen LogP contribution >= 0.6 is 27.3 Å². The second kappa shape index (κ2) is 7.59. The van der Waals surface area contributed by atoms with Crippen LogP contribution in [0.4, 0.5) is 15.6 Å². The summed E-state index contributed by atoms with van der Waals surface area (Å²) < 4.78 is 0.830. The quantitative estimate of drug-likeness (QED) is 0.581. The van der Waals surface area contributed by atoms with Gasteiger partial charge < -0.3 is 5.32 Å². The predicted molar refractivity (Wildman–Crippen MR) is 104 cm³/mol. The molecule has 2 amide bonds. The van der Waals surface area contributed by atoms with Crippen LogP contribution in [0.3, 0.4) is 0 Å². The van der Waals surface area contributed by atoms with Crippen molar-refractivity contribution in [2.45, 2.75) is 13.3 Å². The Hall–Kier alpha value is -2.18. The van der Waals surface area contributed by atoms with Gasteiger partial charge in [-0.1, -0.05) is 43.3 Å². The molecule has 3 aromatic rings. The van der Waals surface area contributed by atoms with Gasteiger partial charge in [-0.15, -0.1) is 11.3 Å². The van der Waals surface area contributed by atoms with E-state index in [1.807, 2.05) is 29.6 Å². The van der Waals surface area contributed by atoms with Crippen LogP contribution in [0.15, 0.2) is 58.4 Å². The summed E-state index contributed by atoms with van der Waals surface area (Å²) in [6.07, 6.45) is 1.01. The fraction of sp³-hybridized carbons (Fsp3) is 0.111. The van der Waals surface area contributed by atoms with E-state index in [0.29, 0.717) is 10.8 Å². The minimum absolute atomic E-state index is 0.316. The average Bonchev–Trinajstić information content (AvgIpc) is 3.05. The summed E-state index contributed by atoms with van der Waals surface area (Å²) in [5.74, 6) is 0. The van der Waals surface area contributed by atoms with E-state index in [9.17, 15) is 4.79 Å². The molecule has 1 aromatic heterocycles. The number of rotatable bonds is 4. The van der Waals surface area contributed by atoms with Crippen LogP contribution in [0.5, 0.6) is 0 Å². The maximum Gasteiger partial charge on any atom is 0.325 e. The summed E-state index contributed by atoms with van der Waals surface area (Å²) in [6, 6.07) is 15.4. The van der Waals surface area contributed by atoms with Gasteiger partial charge in [-0.25, -0.2) is 9.78 Å². The molecule has 0 bridgehead atoms. The smallest absolute Gasteiger partial charge is 0.307 e. The SMILES string of the molecule is CCc1ccc(-c2csc(NC(=O)Nc3ccccc3Br)n2)cc1. The first-order valence-corrected chi connectivity index (χ1v) is 9.20. The highest BCUT2D eigenvalue weighted by molar-refractivity contribution is 9.10. The van der Waals surface area contributed by atoms with Gasteiger partial charge in [0.15, 0.2) is 5.13 Å². The first-order chi connectivity index (χ1) is 11.7. The first kappa shape index (κ1) is 16.7. The Balaban J connectivity index is 1.67. The van der Waals surface area contributed by atoms with Crippen molar-refractivity contribution in [2.24, 2.45) is 0 Å². The highest BCUT2D eigenvalue weighted by Crippen LogP contribution is 2.26. The summed E-state index contributed by atoms with van der Waals surface area (Å²) in [5, 5.41) is 8.06. The van der Waals surface area contributed by atoms with E-state index in [1.165, 1.54) is 16.9 Å². The van der Waals surface area contributed by atoms with E-state index >= 15 is 0 Å². The lowest BCUT2D eigenvalue weighted by Gasteiger charge is -2.06. The molecule has 0 atom stereocenters. The van der Waals surface area contributed by atoms with E-state index in [-0.39, 0.29) is 6.03 Å². The average molecular weight is 402 g/mol. The number of carbonyl (C=O) groups is 1. The normalized spacial score (nSPS) is 10.4. The van der Waals surface area contributed by atoms with Crippen LogP contribution in [0, 0.1) is 0 Å². The number of nitrogens with one attached hydrogen (secondary N) is 2. The lowest BCUT2D eigenvalue weighted by atomic mass is 10.1. The number of hydrogen-bond acceptors (Lipinski definition) is 3. The number of anilines is 2. The standard InChI is InChI=1S/C18H16BrN3OS/c1-2-12-7-9-13(10-8-12)16-11-24-18(21-16)22-17(23)20-15-6-4-3-5-14(15)19/h3-11H,2H2,1H3,(H2,20,21,22,23). The van der Waals surface area contributed by atoms with Crippen LogP contribution in [0.2, 0.25) is 0 Å². The molecule has 0 spiro atoms. The molecule has 0 aliphatic rings. The highest BCUT2D eigenvalue weighted by Gasteiger charge is 2.09. The second-order valence-electron chi connectivity index (χ2n) is 5.15. The van der Waals surface area contributed by atoms with Crippen molar-refractivity contribution >= 4 is 44.1 Å². The lowest BCUT2D eigenvalue weighted by Crippen LogP contribution is -2.19. The molecule has 3 rings (SSSR count). The lowest BCUT2D eigenvalue weighted by molar-refractivity contribution is 0.262. The fourth-order valence-corrected chi connectivity index (χ4v) is 3.29. The monoisotopic (exact) mass is 401 g/mol. The Morgan fingerprint density at radius 1 is 1.12 bits per heavy atom. The minimum atomic E-state index is -0.316.